The zero-order valence-corrected chi connectivity index (χ0v) is 7.96. The van der Waals surface area contributed by atoms with Gasteiger partial charge in [0, 0.05) is 5.54 Å². The summed E-state index contributed by atoms with van der Waals surface area (Å²) < 4.78 is 0. The molecule has 0 aliphatic heterocycles. The van der Waals surface area contributed by atoms with Crippen molar-refractivity contribution in [2.75, 3.05) is 0 Å². The van der Waals surface area contributed by atoms with Crippen molar-refractivity contribution in [2.45, 2.75) is 19.3 Å². The van der Waals surface area contributed by atoms with E-state index in [0.717, 1.165) is 6.42 Å². The molecule has 0 bridgehead atoms. The predicted octanol–water partition coefficient (Wildman–Crippen LogP) is 3.93. The summed E-state index contributed by atoms with van der Waals surface area (Å²) in [5.74, 6) is 0.557. The van der Waals surface area contributed by atoms with Crippen LogP contribution in [0.25, 0.3) is 0 Å². The van der Waals surface area contributed by atoms with Gasteiger partial charge in [0.05, 0.1) is 0 Å². The maximum atomic E-state index is 5.45. The highest BCUT2D eigenvalue weighted by Gasteiger charge is 2.00. The van der Waals surface area contributed by atoms with Crippen LogP contribution < -0.4 is 0 Å². The van der Waals surface area contributed by atoms with E-state index in [1.165, 1.54) is 5.56 Å². The zero-order chi connectivity index (χ0) is 8.81. The first-order chi connectivity index (χ1) is 5.84. The molecule has 0 nitrogen and oxygen atoms in total. The summed E-state index contributed by atoms with van der Waals surface area (Å²) in [7, 11) is 0. The van der Waals surface area contributed by atoms with E-state index in [0.29, 0.717) is 5.92 Å². The van der Waals surface area contributed by atoms with Gasteiger partial charge >= 0.3 is 0 Å². The summed E-state index contributed by atoms with van der Waals surface area (Å²) in [5, 5.41) is 0. The number of hydrogen-bond acceptors (Lipinski definition) is 0. The van der Waals surface area contributed by atoms with Gasteiger partial charge in [0.15, 0.2) is 0 Å². The van der Waals surface area contributed by atoms with E-state index in [1.54, 1.807) is 5.54 Å². The van der Waals surface area contributed by atoms with E-state index in [1.807, 2.05) is 12.1 Å². The Balaban J connectivity index is 2.59. The van der Waals surface area contributed by atoms with E-state index >= 15 is 0 Å². The highest BCUT2D eigenvalue weighted by Crippen LogP contribution is 2.18. The second-order valence-electron chi connectivity index (χ2n) is 2.91. The molecule has 1 unspecified atom stereocenters. The maximum Gasteiger partial charge on any atom is 0.000267 e. The average Bonchev–Trinajstić information content (AvgIpc) is 2.15. The molecular weight excluding hydrogens is 168 g/mol. The molecule has 0 heterocycles. The third-order valence-corrected chi connectivity index (χ3v) is 2.13. The molecule has 0 aliphatic rings. The molecule has 1 rings (SSSR count). The molecule has 0 saturated heterocycles. The van der Waals surface area contributed by atoms with Crippen LogP contribution in [0.1, 0.15) is 24.8 Å². The van der Waals surface area contributed by atoms with Crippen LogP contribution in [0.15, 0.2) is 41.9 Å². The molecule has 0 saturated carbocycles. The van der Waals surface area contributed by atoms with Crippen molar-refractivity contribution in [3.05, 3.63) is 47.5 Å². The predicted molar refractivity (Wildman–Crippen MR) is 54.5 cm³/mol. The molecule has 1 atom stereocenters. The molecule has 64 valence electrons. The van der Waals surface area contributed by atoms with Crippen LogP contribution in [0.3, 0.4) is 0 Å². The molecule has 1 aromatic rings. The number of benzene rings is 1. The van der Waals surface area contributed by atoms with Crippen LogP contribution in [0.2, 0.25) is 0 Å². The lowest BCUT2D eigenvalue weighted by atomic mass is 9.98. The SMILES string of the molecule is CC(CC=CCl)c1ccccc1. The normalized spacial score (nSPS) is 13.5. The van der Waals surface area contributed by atoms with Gasteiger partial charge in [0.2, 0.25) is 0 Å². The van der Waals surface area contributed by atoms with Gasteiger partial charge in [-0.15, -0.1) is 0 Å². The van der Waals surface area contributed by atoms with Gasteiger partial charge in [-0.25, -0.2) is 0 Å². The van der Waals surface area contributed by atoms with Gasteiger partial charge < -0.3 is 0 Å². The lowest BCUT2D eigenvalue weighted by Gasteiger charge is -2.07. The largest absolute Gasteiger partial charge is 0.0933 e. The topological polar surface area (TPSA) is 0 Å². The molecule has 0 aliphatic carbocycles. The summed E-state index contributed by atoms with van der Waals surface area (Å²) in [6, 6.07) is 10.5. The number of halogens is 1. The number of hydrogen-bond donors (Lipinski definition) is 0. The van der Waals surface area contributed by atoms with Crippen LogP contribution in [-0.2, 0) is 0 Å². The number of allylic oxidation sites excluding steroid dienone is 1. The first-order valence-corrected chi connectivity index (χ1v) is 4.58. The van der Waals surface area contributed by atoms with Crippen molar-refractivity contribution in [1.82, 2.24) is 0 Å². The van der Waals surface area contributed by atoms with Crippen LogP contribution in [0.5, 0.6) is 0 Å². The summed E-state index contributed by atoms with van der Waals surface area (Å²) in [4.78, 5) is 0. The quantitative estimate of drug-likeness (QED) is 0.661. The minimum Gasteiger partial charge on any atom is -0.0933 e. The summed E-state index contributed by atoms with van der Waals surface area (Å²) in [5.41, 5.74) is 2.95. The van der Waals surface area contributed by atoms with Crippen LogP contribution in [0, 0.1) is 0 Å². The second kappa shape index (κ2) is 5.00. The Hall–Kier alpha value is -0.750. The Morgan fingerprint density at radius 1 is 1.33 bits per heavy atom. The fourth-order valence-electron chi connectivity index (χ4n) is 1.17. The van der Waals surface area contributed by atoms with Crippen LogP contribution >= 0.6 is 11.6 Å². The maximum absolute atomic E-state index is 5.45. The Kier molecular flexibility index (Phi) is 3.89. The van der Waals surface area contributed by atoms with Gasteiger partial charge in [-0.05, 0) is 17.9 Å². The molecular formula is C11H13Cl. The lowest BCUT2D eigenvalue weighted by molar-refractivity contribution is 0.781. The molecule has 0 radical (unpaired) electrons. The first-order valence-electron chi connectivity index (χ1n) is 4.14. The fourth-order valence-corrected chi connectivity index (χ4v) is 1.28. The molecule has 1 aromatic carbocycles. The van der Waals surface area contributed by atoms with Gasteiger partial charge in [0.25, 0.3) is 0 Å². The van der Waals surface area contributed by atoms with Gasteiger partial charge in [0.1, 0.15) is 0 Å². The first kappa shape index (κ1) is 9.34. The Labute approximate surface area is 78.9 Å². The highest BCUT2D eigenvalue weighted by molar-refractivity contribution is 6.25. The van der Waals surface area contributed by atoms with Crippen LogP contribution in [0.4, 0.5) is 0 Å². The summed E-state index contributed by atoms with van der Waals surface area (Å²) >= 11 is 5.45. The zero-order valence-electron chi connectivity index (χ0n) is 7.20. The number of rotatable bonds is 3. The van der Waals surface area contributed by atoms with Gasteiger partial charge in [-0.2, -0.15) is 0 Å². The van der Waals surface area contributed by atoms with Crippen molar-refractivity contribution >= 4 is 11.6 Å². The van der Waals surface area contributed by atoms with Crippen molar-refractivity contribution < 1.29 is 0 Å². The smallest absolute Gasteiger partial charge is 0.000267 e. The summed E-state index contributed by atoms with van der Waals surface area (Å²) in [6.45, 7) is 2.20. The Bertz CT molecular complexity index is 238. The van der Waals surface area contributed by atoms with Crippen molar-refractivity contribution in [2.24, 2.45) is 0 Å². The van der Waals surface area contributed by atoms with E-state index in [2.05, 4.69) is 31.2 Å². The standard InChI is InChI=1S/C11H13Cl/c1-10(6-5-9-12)11-7-3-2-4-8-11/h2-5,7-10H,6H2,1H3. The van der Waals surface area contributed by atoms with Gasteiger partial charge in [-0.3, -0.25) is 0 Å². The van der Waals surface area contributed by atoms with Crippen LogP contribution in [-0.4, -0.2) is 0 Å². The van der Waals surface area contributed by atoms with E-state index in [9.17, 15) is 0 Å². The minimum absolute atomic E-state index is 0.557. The molecule has 12 heavy (non-hydrogen) atoms. The van der Waals surface area contributed by atoms with Gasteiger partial charge in [-0.1, -0.05) is 54.9 Å². The average molecular weight is 181 g/mol. The van der Waals surface area contributed by atoms with E-state index in [-0.39, 0.29) is 0 Å². The monoisotopic (exact) mass is 180 g/mol. The highest BCUT2D eigenvalue weighted by atomic mass is 35.5. The van der Waals surface area contributed by atoms with Crippen molar-refractivity contribution in [1.29, 1.82) is 0 Å². The van der Waals surface area contributed by atoms with Crippen molar-refractivity contribution in [3.63, 3.8) is 0 Å². The minimum atomic E-state index is 0.557. The third-order valence-electron chi connectivity index (χ3n) is 1.95. The molecule has 0 N–H and O–H groups in total. The molecule has 0 fully saturated rings. The molecule has 1 heteroatoms. The molecule has 0 aromatic heterocycles. The third kappa shape index (κ3) is 2.71. The Morgan fingerprint density at radius 2 is 2.00 bits per heavy atom. The molecule has 0 amide bonds. The van der Waals surface area contributed by atoms with Crippen molar-refractivity contribution in [3.8, 4) is 0 Å². The molecule has 0 spiro atoms. The Morgan fingerprint density at radius 3 is 2.58 bits per heavy atom. The summed E-state index contributed by atoms with van der Waals surface area (Å²) in [6.07, 6.45) is 2.99. The second-order valence-corrected chi connectivity index (χ2v) is 3.16. The van der Waals surface area contributed by atoms with E-state index < -0.39 is 0 Å². The lowest BCUT2D eigenvalue weighted by Crippen LogP contribution is -1.89. The fraction of sp³-hybridized carbons (Fsp3) is 0.273. The van der Waals surface area contributed by atoms with E-state index in [4.69, 9.17) is 11.6 Å².